The van der Waals surface area contributed by atoms with Gasteiger partial charge in [0, 0.05) is 26.2 Å². The first-order valence-electron chi connectivity index (χ1n) is 7.78. The Kier molecular flexibility index (Phi) is 5.64. The summed E-state index contributed by atoms with van der Waals surface area (Å²) in [5, 5.41) is 0. The fourth-order valence-corrected chi connectivity index (χ4v) is 3.69. The first-order chi connectivity index (χ1) is 9.26. The molecule has 2 rings (SSSR count). The van der Waals surface area contributed by atoms with Crippen molar-refractivity contribution < 1.29 is 9.53 Å². The highest BCUT2D eigenvalue weighted by Gasteiger charge is 2.35. The van der Waals surface area contributed by atoms with Gasteiger partial charge in [-0.2, -0.15) is 0 Å². The number of rotatable bonds is 5. The van der Waals surface area contributed by atoms with Crippen LogP contribution in [0.25, 0.3) is 0 Å². The Bertz CT molecular complexity index is 286. The van der Waals surface area contributed by atoms with E-state index < -0.39 is 0 Å². The predicted molar refractivity (Wildman–Crippen MR) is 75.8 cm³/mol. The molecule has 0 bridgehead atoms. The number of likely N-dealkylation sites (tertiary alicyclic amines) is 1. The molecule has 2 unspecified atom stereocenters. The van der Waals surface area contributed by atoms with Gasteiger partial charge in [0.15, 0.2) is 0 Å². The molecule has 0 aromatic rings. The molecule has 4 nitrogen and oxygen atoms in total. The summed E-state index contributed by atoms with van der Waals surface area (Å²) in [6, 6.07) is 0.489. The lowest BCUT2D eigenvalue weighted by molar-refractivity contribution is -0.135. The summed E-state index contributed by atoms with van der Waals surface area (Å²) in [4.78, 5) is 14.5. The lowest BCUT2D eigenvalue weighted by Gasteiger charge is -2.34. The maximum Gasteiger partial charge on any atom is 0.225 e. The van der Waals surface area contributed by atoms with Gasteiger partial charge in [-0.05, 0) is 31.6 Å². The van der Waals surface area contributed by atoms with Crippen molar-refractivity contribution in [2.45, 2.75) is 63.5 Å². The highest BCUT2D eigenvalue weighted by Crippen LogP contribution is 2.34. The van der Waals surface area contributed by atoms with Crippen LogP contribution in [0.3, 0.4) is 0 Å². The zero-order valence-electron chi connectivity index (χ0n) is 12.1. The zero-order valence-corrected chi connectivity index (χ0v) is 12.1. The summed E-state index contributed by atoms with van der Waals surface area (Å²) in [7, 11) is 1.63. The molecule has 1 aliphatic carbocycles. The zero-order chi connectivity index (χ0) is 13.7. The van der Waals surface area contributed by atoms with Crippen molar-refractivity contribution in [3.8, 4) is 0 Å². The first-order valence-corrected chi connectivity index (χ1v) is 7.78. The Morgan fingerprint density at radius 1 is 1.26 bits per heavy atom. The van der Waals surface area contributed by atoms with Crippen LogP contribution in [0.1, 0.15) is 51.4 Å². The molecule has 1 amide bonds. The standard InChI is InChI=1S/C15H28N2O2/c1-19-13(11-16)10-15(18)17-9-5-8-14(17)12-6-3-2-4-7-12/h12-14H,2-11,16H2,1H3. The Labute approximate surface area is 116 Å². The summed E-state index contributed by atoms with van der Waals surface area (Å²) < 4.78 is 5.24. The van der Waals surface area contributed by atoms with E-state index in [0.717, 1.165) is 18.9 Å². The van der Waals surface area contributed by atoms with E-state index in [1.165, 1.54) is 38.5 Å². The fraction of sp³-hybridized carbons (Fsp3) is 0.933. The minimum Gasteiger partial charge on any atom is -0.380 e. The van der Waals surface area contributed by atoms with E-state index in [-0.39, 0.29) is 12.0 Å². The summed E-state index contributed by atoms with van der Waals surface area (Å²) >= 11 is 0. The third-order valence-electron chi connectivity index (χ3n) is 4.81. The lowest BCUT2D eigenvalue weighted by atomic mass is 9.83. The third-order valence-corrected chi connectivity index (χ3v) is 4.81. The van der Waals surface area contributed by atoms with E-state index in [4.69, 9.17) is 10.5 Å². The van der Waals surface area contributed by atoms with E-state index in [9.17, 15) is 4.79 Å². The van der Waals surface area contributed by atoms with Crippen LogP contribution in [0, 0.1) is 5.92 Å². The number of methoxy groups -OCH3 is 1. The number of carbonyl (C=O) groups excluding carboxylic acids is 1. The van der Waals surface area contributed by atoms with Gasteiger partial charge >= 0.3 is 0 Å². The van der Waals surface area contributed by atoms with Crippen molar-refractivity contribution in [1.82, 2.24) is 4.90 Å². The van der Waals surface area contributed by atoms with Crippen molar-refractivity contribution in [3.05, 3.63) is 0 Å². The number of nitrogens with two attached hydrogens (primary N) is 1. The van der Waals surface area contributed by atoms with Crippen molar-refractivity contribution in [2.75, 3.05) is 20.2 Å². The van der Waals surface area contributed by atoms with E-state index >= 15 is 0 Å². The van der Waals surface area contributed by atoms with Crippen molar-refractivity contribution in [2.24, 2.45) is 11.7 Å². The molecule has 1 aliphatic heterocycles. The minimum absolute atomic E-state index is 0.125. The van der Waals surface area contributed by atoms with E-state index in [2.05, 4.69) is 4.90 Å². The van der Waals surface area contributed by atoms with Crippen LogP contribution in [0.2, 0.25) is 0 Å². The molecule has 2 atom stereocenters. The Morgan fingerprint density at radius 2 is 2.00 bits per heavy atom. The molecule has 2 aliphatic rings. The molecular formula is C15H28N2O2. The number of hydrogen-bond acceptors (Lipinski definition) is 3. The number of hydrogen-bond donors (Lipinski definition) is 1. The topological polar surface area (TPSA) is 55.6 Å². The molecular weight excluding hydrogens is 240 g/mol. The summed E-state index contributed by atoms with van der Waals surface area (Å²) in [5.41, 5.74) is 5.61. The van der Waals surface area contributed by atoms with Crippen molar-refractivity contribution in [3.63, 3.8) is 0 Å². The third kappa shape index (κ3) is 3.69. The maximum atomic E-state index is 12.4. The number of nitrogens with zero attached hydrogens (tertiary/aromatic N) is 1. The summed E-state index contributed by atoms with van der Waals surface area (Å²) in [6.45, 7) is 1.35. The van der Waals surface area contributed by atoms with E-state index in [1.54, 1.807) is 7.11 Å². The molecule has 4 heteroatoms. The average molecular weight is 268 g/mol. The SMILES string of the molecule is COC(CN)CC(=O)N1CCCC1C1CCCCC1. The van der Waals surface area contributed by atoms with E-state index in [0.29, 0.717) is 19.0 Å². The highest BCUT2D eigenvalue weighted by molar-refractivity contribution is 5.77. The molecule has 1 saturated heterocycles. The molecule has 110 valence electrons. The molecule has 2 fully saturated rings. The van der Waals surface area contributed by atoms with Crippen LogP contribution in [-0.4, -0.2) is 43.2 Å². The van der Waals surface area contributed by atoms with Gasteiger partial charge in [0.2, 0.25) is 5.91 Å². The maximum absolute atomic E-state index is 12.4. The van der Waals surface area contributed by atoms with Gasteiger partial charge in [-0.3, -0.25) is 4.79 Å². The molecule has 0 radical (unpaired) electrons. The van der Waals surface area contributed by atoms with Crippen LogP contribution in [0.15, 0.2) is 0 Å². The van der Waals surface area contributed by atoms with Gasteiger partial charge in [0.05, 0.1) is 12.5 Å². The normalized spacial score (nSPS) is 26.6. The van der Waals surface area contributed by atoms with Gasteiger partial charge in [0.25, 0.3) is 0 Å². The fourth-order valence-electron chi connectivity index (χ4n) is 3.69. The van der Waals surface area contributed by atoms with Crippen LogP contribution in [0.5, 0.6) is 0 Å². The summed E-state index contributed by atoms with van der Waals surface area (Å²) in [5.74, 6) is 0.976. The Morgan fingerprint density at radius 3 is 2.63 bits per heavy atom. The second kappa shape index (κ2) is 7.25. The predicted octanol–water partition coefficient (Wildman–Crippen LogP) is 1.92. The smallest absolute Gasteiger partial charge is 0.225 e. The van der Waals surface area contributed by atoms with Crippen LogP contribution in [-0.2, 0) is 9.53 Å². The van der Waals surface area contributed by atoms with Crippen molar-refractivity contribution >= 4 is 5.91 Å². The second-order valence-corrected chi connectivity index (χ2v) is 5.99. The number of amides is 1. The quantitative estimate of drug-likeness (QED) is 0.829. The Hall–Kier alpha value is -0.610. The largest absolute Gasteiger partial charge is 0.380 e. The average Bonchev–Trinajstić information content (AvgIpc) is 2.95. The van der Waals surface area contributed by atoms with Crippen LogP contribution in [0.4, 0.5) is 0 Å². The van der Waals surface area contributed by atoms with Gasteiger partial charge < -0.3 is 15.4 Å². The van der Waals surface area contributed by atoms with Gasteiger partial charge in [-0.25, -0.2) is 0 Å². The molecule has 1 saturated carbocycles. The lowest BCUT2D eigenvalue weighted by Crippen LogP contribution is -2.42. The second-order valence-electron chi connectivity index (χ2n) is 5.99. The van der Waals surface area contributed by atoms with Gasteiger partial charge in [-0.1, -0.05) is 19.3 Å². The first kappa shape index (κ1) is 14.8. The van der Waals surface area contributed by atoms with Crippen molar-refractivity contribution in [1.29, 1.82) is 0 Å². The number of ether oxygens (including phenoxy) is 1. The highest BCUT2D eigenvalue weighted by atomic mass is 16.5. The Balaban J connectivity index is 1.91. The minimum atomic E-state index is -0.125. The van der Waals surface area contributed by atoms with E-state index in [1.807, 2.05) is 0 Å². The molecule has 1 heterocycles. The summed E-state index contributed by atoms with van der Waals surface area (Å²) in [6.07, 6.45) is 9.33. The number of carbonyl (C=O) groups is 1. The van der Waals surface area contributed by atoms with Gasteiger partial charge in [0.1, 0.15) is 0 Å². The molecule has 0 aromatic carbocycles. The van der Waals surface area contributed by atoms with Crippen LogP contribution >= 0.6 is 0 Å². The molecule has 0 aromatic heterocycles. The molecule has 19 heavy (non-hydrogen) atoms. The van der Waals surface area contributed by atoms with Gasteiger partial charge in [-0.15, -0.1) is 0 Å². The molecule has 2 N–H and O–H groups in total. The van der Waals surface area contributed by atoms with Crippen LogP contribution < -0.4 is 5.73 Å². The molecule has 0 spiro atoms. The monoisotopic (exact) mass is 268 g/mol.